The van der Waals surface area contributed by atoms with Gasteiger partial charge in [0, 0.05) is 15.5 Å². The molecule has 1 aliphatic rings. The number of aliphatic imine (C=N–C) groups is 1. The van der Waals surface area contributed by atoms with Crippen LogP contribution >= 0.6 is 22.9 Å². The van der Waals surface area contributed by atoms with Gasteiger partial charge in [-0.3, -0.25) is 14.5 Å². The number of hydrogen-bond acceptors (Lipinski definition) is 5. The van der Waals surface area contributed by atoms with Crippen molar-refractivity contribution in [3.05, 3.63) is 62.8 Å². The molecule has 0 saturated carbocycles. The molecule has 6 nitrogen and oxygen atoms in total. The molecule has 0 unspecified atom stereocenters. The van der Waals surface area contributed by atoms with E-state index in [1.807, 2.05) is 17.5 Å². The first-order valence-electron chi connectivity index (χ1n) is 7.70. The van der Waals surface area contributed by atoms with Crippen LogP contribution in [-0.4, -0.2) is 26.7 Å². The van der Waals surface area contributed by atoms with Gasteiger partial charge in [-0.25, -0.2) is 8.42 Å². The van der Waals surface area contributed by atoms with Gasteiger partial charge < -0.3 is 5.32 Å². The number of hydrogen-bond donors (Lipinski definition) is 2. The number of halogens is 1. The highest BCUT2D eigenvalue weighted by molar-refractivity contribution is 8.00. The second-order valence-corrected chi connectivity index (χ2v) is 8.68. The third-order valence-electron chi connectivity index (χ3n) is 3.72. The zero-order chi connectivity index (χ0) is 18.7. The molecule has 1 aliphatic heterocycles. The van der Waals surface area contributed by atoms with Gasteiger partial charge in [0.2, 0.25) is 5.91 Å². The van der Waals surface area contributed by atoms with E-state index in [1.165, 1.54) is 0 Å². The molecule has 0 fully saturated rings. The van der Waals surface area contributed by atoms with E-state index in [1.54, 1.807) is 42.5 Å². The van der Waals surface area contributed by atoms with E-state index in [4.69, 9.17) is 11.6 Å². The van der Waals surface area contributed by atoms with Crippen LogP contribution in [0, 0.1) is 0 Å². The van der Waals surface area contributed by atoms with Gasteiger partial charge in [0.05, 0.1) is 6.54 Å². The lowest BCUT2D eigenvalue weighted by atomic mass is 10.1. The molecule has 0 bridgehead atoms. The van der Waals surface area contributed by atoms with Crippen LogP contribution in [0.5, 0.6) is 0 Å². The third-order valence-corrected chi connectivity index (χ3v) is 6.39. The van der Waals surface area contributed by atoms with Crippen molar-refractivity contribution in [2.75, 3.05) is 6.54 Å². The number of rotatable bonds is 5. The molecular formula is C17H16ClN3O3S2. The molecule has 1 aromatic heterocycles. The zero-order valence-corrected chi connectivity index (χ0v) is 16.2. The first-order chi connectivity index (χ1) is 12.4. The van der Waals surface area contributed by atoms with Crippen molar-refractivity contribution < 1.29 is 13.2 Å². The average molecular weight is 410 g/mol. The Morgan fingerprint density at radius 1 is 1.27 bits per heavy atom. The minimum absolute atomic E-state index is 0.145. The van der Waals surface area contributed by atoms with Crippen molar-refractivity contribution in [3.63, 3.8) is 0 Å². The summed E-state index contributed by atoms with van der Waals surface area (Å²) in [6.45, 7) is 1.93. The normalized spacial score (nSPS) is 17.4. The molecule has 1 amide bonds. The highest BCUT2D eigenvalue weighted by atomic mass is 35.5. The summed E-state index contributed by atoms with van der Waals surface area (Å²) in [7, 11) is -3.72. The summed E-state index contributed by atoms with van der Waals surface area (Å²) < 4.78 is 27.2. The van der Waals surface area contributed by atoms with E-state index >= 15 is 0 Å². The number of sulfonamides is 1. The molecule has 3 rings (SSSR count). The number of carbonyl (C=O) groups is 1. The number of amides is 1. The minimum Gasteiger partial charge on any atom is -0.350 e. The Bertz CT molecular complexity index is 979. The largest absolute Gasteiger partial charge is 0.350 e. The van der Waals surface area contributed by atoms with Crippen LogP contribution in [0.3, 0.4) is 0 Å². The molecule has 0 spiro atoms. The second kappa shape index (κ2) is 7.61. The fourth-order valence-corrected chi connectivity index (χ4v) is 4.78. The van der Waals surface area contributed by atoms with Gasteiger partial charge in [-0.2, -0.15) is 0 Å². The zero-order valence-electron chi connectivity index (χ0n) is 13.8. The van der Waals surface area contributed by atoms with Crippen molar-refractivity contribution in [1.29, 1.82) is 0 Å². The van der Waals surface area contributed by atoms with E-state index in [0.29, 0.717) is 22.7 Å². The van der Waals surface area contributed by atoms with Crippen LogP contribution < -0.4 is 10.0 Å². The summed E-state index contributed by atoms with van der Waals surface area (Å²) in [5.41, 5.74) is 0.991. The van der Waals surface area contributed by atoms with E-state index in [2.05, 4.69) is 15.0 Å². The maximum Gasteiger partial charge on any atom is 0.264 e. The lowest BCUT2D eigenvalue weighted by Crippen LogP contribution is -2.28. The summed E-state index contributed by atoms with van der Waals surface area (Å²) in [6, 6.07) is 10.4. The summed E-state index contributed by atoms with van der Waals surface area (Å²) in [5, 5.41) is 5.20. The summed E-state index contributed by atoms with van der Waals surface area (Å²) >= 11 is 7.41. The number of thiophene rings is 1. The van der Waals surface area contributed by atoms with Gasteiger partial charge in [-0.15, -0.1) is 11.3 Å². The van der Waals surface area contributed by atoms with Crippen LogP contribution in [0.25, 0.3) is 4.91 Å². The molecule has 0 atom stereocenters. The Labute approximate surface area is 160 Å². The van der Waals surface area contributed by atoms with E-state index in [-0.39, 0.29) is 23.2 Å². The Kier molecular flexibility index (Phi) is 5.45. The molecule has 2 heterocycles. The molecule has 0 saturated heterocycles. The first-order valence-corrected chi connectivity index (χ1v) is 10.4. The number of benzene rings is 1. The highest BCUT2D eigenvalue weighted by Gasteiger charge is 2.32. The Balaban J connectivity index is 1.74. The van der Waals surface area contributed by atoms with Gasteiger partial charge in [0.25, 0.3) is 10.0 Å². The third kappa shape index (κ3) is 4.14. The maximum atomic E-state index is 12.4. The van der Waals surface area contributed by atoms with Gasteiger partial charge in [0.15, 0.2) is 0 Å². The van der Waals surface area contributed by atoms with Crippen LogP contribution in [-0.2, 0) is 21.4 Å². The molecule has 0 radical (unpaired) electrons. The standard InChI is InChI=1S/C17H16ClN3O3S2/c1-11-16(12-4-6-13(18)7-5-12)26(23,24)21-17(11)20-10-15(22)19-9-14-3-2-8-25-14/h2-8H,9-10H2,1H3,(H,19,22)(H,20,21). The molecule has 26 heavy (non-hydrogen) atoms. The van der Waals surface area contributed by atoms with Crippen molar-refractivity contribution in [3.8, 4) is 0 Å². The summed E-state index contributed by atoms with van der Waals surface area (Å²) in [5.74, 6) is -0.0981. The smallest absolute Gasteiger partial charge is 0.264 e. The average Bonchev–Trinajstić information content (AvgIpc) is 3.18. The quantitative estimate of drug-likeness (QED) is 0.795. The molecule has 2 aromatic rings. The summed E-state index contributed by atoms with van der Waals surface area (Å²) in [4.78, 5) is 17.2. The summed E-state index contributed by atoms with van der Waals surface area (Å²) in [6.07, 6.45) is 0. The second-order valence-electron chi connectivity index (χ2n) is 5.59. The monoisotopic (exact) mass is 409 g/mol. The van der Waals surface area contributed by atoms with Crippen LogP contribution in [0.1, 0.15) is 17.4 Å². The number of nitrogens with zero attached hydrogens (tertiary/aromatic N) is 1. The molecular weight excluding hydrogens is 394 g/mol. The predicted molar refractivity (Wildman–Crippen MR) is 105 cm³/mol. The van der Waals surface area contributed by atoms with Crippen molar-refractivity contribution in [2.24, 2.45) is 4.99 Å². The maximum absolute atomic E-state index is 12.4. The van der Waals surface area contributed by atoms with Crippen LogP contribution in [0.2, 0.25) is 5.02 Å². The molecule has 2 N–H and O–H groups in total. The Morgan fingerprint density at radius 2 is 2.00 bits per heavy atom. The lowest BCUT2D eigenvalue weighted by molar-refractivity contribution is -0.119. The molecule has 0 aliphatic carbocycles. The SMILES string of the molecule is CC1=C(c2ccc(Cl)cc2)S(=O)(=O)NC1=NCC(=O)NCc1cccs1. The van der Waals surface area contributed by atoms with Gasteiger partial charge >= 0.3 is 0 Å². The Morgan fingerprint density at radius 3 is 2.65 bits per heavy atom. The molecule has 136 valence electrons. The van der Waals surface area contributed by atoms with Gasteiger partial charge in [0.1, 0.15) is 17.3 Å². The van der Waals surface area contributed by atoms with Crippen LogP contribution in [0.4, 0.5) is 0 Å². The van der Waals surface area contributed by atoms with Gasteiger partial charge in [-0.1, -0.05) is 29.8 Å². The van der Waals surface area contributed by atoms with Crippen molar-refractivity contribution >= 4 is 49.6 Å². The van der Waals surface area contributed by atoms with E-state index < -0.39 is 10.0 Å². The highest BCUT2D eigenvalue weighted by Crippen LogP contribution is 2.30. The molecule has 1 aromatic carbocycles. The fourth-order valence-electron chi connectivity index (χ4n) is 2.49. The predicted octanol–water partition coefficient (Wildman–Crippen LogP) is 2.78. The number of amidine groups is 1. The van der Waals surface area contributed by atoms with Crippen molar-refractivity contribution in [1.82, 2.24) is 10.0 Å². The topological polar surface area (TPSA) is 87.6 Å². The first kappa shape index (κ1) is 18.6. The van der Waals surface area contributed by atoms with Crippen molar-refractivity contribution in [2.45, 2.75) is 13.5 Å². The fraction of sp³-hybridized carbons (Fsp3) is 0.176. The van der Waals surface area contributed by atoms with E-state index in [9.17, 15) is 13.2 Å². The lowest BCUT2D eigenvalue weighted by Gasteiger charge is -2.03. The Hall–Kier alpha value is -2.16. The number of carbonyl (C=O) groups excluding carboxylic acids is 1. The van der Waals surface area contributed by atoms with Crippen LogP contribution in [0.15, 0.2) is 52.3 Å². The number of nitrogens with one attached hydrogen (secondary N) is 2. The minimum atomic E-state index is -3.72. The molecule has 9 heteroatoms. The van der Waals surface area contributed by atoms with E-state index in [0.717, 1.165) is 4.88 Å². The van der Waals surface area contributed by atoms with Gasteiger partial charge in [-0.05, 0) is 36.1 Å².